The minimum atomic E-state index is -0.558. The van der Waals surface area contributed by atoms with Gasteiger partial charge in [0.05, 0.1) is 28.1 Å². The van der Waals surface area contributed by atoms with Gasteiger partial charge in [0.15, 0.2) is 11.6 Å². The highest BCUT2D eigenvalue weighted by molar-refractivity contribution is 6.17. The normalized spacial score (nSPS) is 19.2. The Bertz CT molecular complexity index is 1460. The molecule has 0 radical (unpaired) electrons. The Morgan fingerprint density at radius 1 is 0.971 bits per heavy atom. The van der Waals surface area contributed by atoms with Crippen LogP contribution in [-0.2, 0) is 0 Å². The molecule has 0 aliphatic heterocycles. The second-order valence-electron chi connectivity index (χ2n) is 8.47. The van der Waals surface area contributed by atoms with E-state index >= 15 is 0 Å². The van der Waals surface area contributed by atoms with Crippen molar-refractivity contribution < 1.29 is 14.5 Å². The molecule has 0 saturated carbocycles. The molecular formula is C27H21N3O4. The van der Waals surface area contributed by atoms with Gasteiger partial charge in [-0.1, -0.05) is 36.4 Å². The lowest BCUT2D eigenvalue weighted by atomic mass is 9.72. The van der Waals surface area contributed by atoms with Crippen molar-refractivity contribution in [1.82, 2.24) is 4.57 Å². The average Bonchev–Trinajstić information content (AvgIpc) is 3.13. The molecule has 2 aliphatic carbocycles. The maximum absolute atomic E-state index is 13.0. The number of rotatable bonds is 4. The number of nitrogens with zero attached hydrogens (tertiary/aromatic N) is 3. The van der Waals surface area contributed by atoms with Gasteiger partial charge in [-0.05, 0) is 38.1 Å². The lowest BCUT2D eigenvalue weighted by molar-refractivity contribution is -0.384. The summed E-state index contributed by atoms with van der Waals surface area (Å²) in [5, 5.41) is 11.2. The van der Waals surface area contributed by atoms with Gasteiger partial charge in [0.1, 0.15) is 0 Å². The first-order valence-corrected chi connectivity index (χ1v) is 10.9. The highest BCUT2D eigenvalue weighted by atomic mass is 16.6. The standard InChI is InChI=1S/C27H21N3O4/c1-16-12-18(17(2)29(16)20-6-5-7-21(14-20)30(33)34)15-28-19-10-11-24-25(13-19)27(32)23-9-4-3-8-22(23)26(24)31/h3-15,24-25H,1-2H3/t24-,25-/m0/s1. The molecule has 7 heteroatoms. The Labute approximate surface area is 195 Å². The molecule has 2 atom stereocenters. The van der Waals surface area contributed by atoms with Crippen LogP contribution in [0.25, 0.3) is 5.69 Å². The topological polar surface area (TPSA) is 94.6 Å². The first kappa shape index (κ1) is 21.5. The Kier molecular flexibility index (Phi) is 5.17. The third-order valence-corrected chi connectivity index (χ3v) is 6.40. The molecule has 1 aromatic heterocycles. The molecule has 1 heterocycles. The van der Waals surface area contributed by atoms with Crippen molar-refractivity contribution in [3.8, 4) is 5.69 Å². The number of aryl methyl sites for hydroxylation is 1. The number of hydrogen-bond acceptors (Lipinski definition) is 5. The lowest BCUT2D eigenvalue weighted by Crippen LogP contribution is -2.35. The van der Waals surface area contributed by atoms with Gasteiger partial charge in [-0.3, -0.25) is 24.7 Å². The van der Waals surface area contributed by atoms with E-state index in [1.165, 1.54) is 12.1 Å². The number of aromatic nitrogens is 1. The average molecular weight is 451 g/mol. The van der Waals surface area contributed by atoms with Crippen molar-refractivity contribution in [3.63, 3.8) is 0 Å². The van der Waals surface area contributed by atoms with Gasteiger partial charge in [0, 0.05) is 46.4 Å². The van der Waals surface area contributed by atoms with Gasteiger partial charge in [0.25, 0.3) is 5.69 Å². The van der Waals surface area contributed by atoms with E-state index in [1.807, 2.05) is 30.5 Å². The number of benzene rings is 2. The van der Waals surface area contributed by atoms with Crippen LogP contribution in [0, 0.1) is 35.8 Å². The molecule has 3 aromatic rings. The molecule has 0 spiro atoms. The molecule has 0 N–H and O–H groups in total. The molecule has 0 amide bonds. The summed E-state index contributed by atoms with van der Waals surface area (Å²) in [6, 6.07) is 15.4. The molecule has 0 unspecified atom stereocenters. The molecule has 0 bridgehead atoms. The van der Waals surface area contributed by atoms with E-state index in [0.717, 1.165) is 17.0 Å². The summed E-state index contributed by atoms with van der Waals surface area (Å²) >= 11 is 0. The molecular weight excluding hydrogens is 430 g/mol. The van der Waals surface area contributed by atoms with Gasteiger partial charge < -0.3 is 4.57 Å². The van der Waals surface area contributed by atoms with Crippen LogP contribution in [0.5, 0.6) is 0 Å². The van der Waals surface area contributed by atoms with Crippen LogP contribution in [-0.4, -0.2) is 27.3 Å². The molecule has 0 fully saturated rings. The van der Waals surface area contributed by atoms with Crippen LogP contribution in [0.1, 0.15) is 37.7 Å². The van der Waals surface area contributed by atoms with Crippen LogP contribution in [0.4, 0.5) is 5.69 Å². The van der Waals surface area contributed by atoms with Crippen LogP contribution in [0.3, 0.4) is 0 Å². The van der Waals surface area contributed by atoms with Crippen molar-refractivity contribution in [2.75, 3.05) is 0 Å². The predicted molar refractivity (Wildman–Crippen MR) is 129 cm³/mol. The monoisotopic (exact) mass is 451 g/mol. The fraction of sp³-hybridized carbons (Fsp3) is 0.148. The van der Waals surface area contributed by atoms with Gasteiger partial charge in [-0.2, -0.15) is 0 Å². The molecule has 5 rings (SSSR count). The summed E-state index contributed by atoms with van der Waals surface area (Å²) in [4.78, 5) is 41.2. The van der Waals surface area contributed by atoms with Gasteiger partial charge in [-0.25, -0.2) is 0 Å². The largest absolute Gasteiger partial charge is 0.318 e. The van der Waals surface area contributed by atoms with E-state index in [0.29, 0.717) is 22.5 Å². The molecule has 0 saturated heterocycles. The number of nitro benzene ring substituents is 1. The van der Waals surface area contributed by atoms with Crippen LogP contribution in [0.15, 0.2) is 83.5 Å². The van der Waals surface area contributed by atoms with Crippen LogP contribution < -0.4 is 0 Å². The third kappa shape index (κ3) is 3.51. The Hall–Kier alpha value is -4.39. The second-order valence-corrected chi connectivity index (χ2v) is 8.47. The fourth-order valence-electron chi connectivity index (χ4n) is 4.72. The minimum absolute atomic E-state index is 0.0283. The number of Topliss-reactive ketones (excluding diaryl/α,β-unsaturated/α-hetero) is 2. The summed E-state index contributed by atoms with van der Waals surface area (Å²) in [6.45, 7) is 3.85. The zero-order valence-electron chi connectivity index (χ0n) is 18.6. The van der Waals surface area contributed by atoms with Crippen molar-refractivity contribution in [2.45, 2.75) is 13.8 Å². The smallest absolute Gasteiger partial charge is 0.271 e. The van der Waals surface area contributed by atoms with E-state index < -0.39 is 16.8 Å². The SMILES string of the molecule is Cc1cc(C=NC2=C[C@@H]3C(=O)c4ccccc4C(=O)[C@H]3C=C2)c(C)n1-c1cccc([N+](=O)[O-])c1. The number of non-ortho nitro benzene ring substituents is 1. The Balaban J connectivity index is 1.45. The number of carbonyl (C=O) groups excluding carboxylic acids is 2. The molecule has 34 heavy (non-hydrogen) atoms. The van der Waals surface area contributed by atoms with E-state index in [1.54, 1.807) is 54.8 Å². The van der Waals surface area contributed by atoms with Gasteiger partial charge in [-0.15, -0.1) is 0 Å². The quantitative estimate of drug-likeness (QED) is 0.310. The number of ketones is 2. The fourth-order valence-corrected chi connectivity index (χ4v) is 4.72. The number of nitro groups is 1. The Morgan fingerprint density at radius 2 is 1.68 bits per heavy atom. The summed E-state index contributed by atoms with van der Waals surface area (Å²) in [6.07, 6.45) is 7.02. The first-order chi connectivity index (χ1) is 16.3. The second kappa shape index (κ2) is 8.19. The summed E-state index contributed by atoms with van der Waals surface area (Å²) in [7, 11) is 0. The van der Waals surface area contributed by atoms with Crippen molar-refractivity contribution in [3.05, 3.63) is 117 Å². The van der Waals surface area contributed by atoms with E-state index in [2.05, 4.69) is 4.99 Å². The van der Waals surface area contributed by atoms with Crippen LogP contribution >= 0.6 is 0 Å². The maximum atomic E-state index is 13.0. The maximum Gasteiger partial charge on any atom is 0.271 e. The zero-order chi connectivity index (χ0) is 24.0. The molecule has 7 nitrogen and oxygen atoms in total. The first-order valence-electron chi connectivity index (χ1n) is 10.9. The summed E-state index contributed by atoms with van der Waals surface area (Å²) in [5.74, 6) is -1.17. The van der Waals surface area contributed by atoms with E-state index in [-0.39, 0.29) is 17.3 Å². The van der Waals surface area contributed by atoms with Crippen molar-refractivity contribution in [2.24, 2.45) is 16.8 Å². The number of hydrogen-bond donors (Lipinski definition) is 0. The number of carbonyl (C=O) groups is 2. The highest BCUT2D eigenvalue weighted by Crippen LogP contribution is 2.35. The summed E-state index contributed by atoms with van der Waals surface area (Å²) < 4.78 is 1.94. The van der Waals surface area contributed by atoms with E-state index in [9.17, 15) is 19.7 Å². The zero-order valence-corrected chi connectivity index (χ0v) is 18.6. The van der Waals surface area contributed by atoms with Crippen molar-refractivity contribution in [1.29, 1.82) is 0 Å². The number of fused-ring (bicyclic) bond motifs is 2. The Morgan fingerprint density at radius 3 is 2.38 bits per heavy atom. The van der Waals surface area contributed by atoms with Gasteiger partial charge in [0.2, 0.25) is 0 Å². The number of allylic oxidation sites excluding steroid dienone is 3. The molecule has 168 valence electrons. The predicted octanol–water partition coefficient (Wildman–Crippen LogP) is 5.19. The lowest BCUT2D eigenvalue weighted by Gasteiger charge is -2.28. The van der Waals surface area contributed by atoms with Gasteiger partial charge >= 0.3 is 0 Å². The van der Waals surface area contributed by atoms with Crippen molar-refractivity contribution >= 4 is 23.5 Å². The third-order valence-electron chi connectivity index (χ3n) is 6.40. The minimum Gasteiger partial charge on any atom is -0.318 e. The summed E-state index contributed by atoms with van der Waals surface area (Å²) in [5.41, 5.74) is 4.94. The van der Waals surface area contributed by atoms with E-state index in [4.69, 9.17) is 0 Å². The van der Waals surface area contributed by atoms with Crippen LogP contribution in [0.2, 0.25) is 0 Å². The molecule has 2 aromatic carbocycles. The molecule has 2 aliphatic rings. The number of aliphatic imine (C=N–C) groups is 1. The highest BCUT2D eigenvalue weighted by Gasteiger charge is 2.40.